The van der Waals surface area contributed by atoms with Gasteiger partial charge in [-0.15, -0.1) is 0 Å². The Balaban J connectivity index is 1.26. The number of carbonyl (C=O) groups excluding carboxylic acids is 1. The summed E-state index contributed by atoms with van der Waals surface area (Å²) in [7, 11) is -3.99. The van der Waals surface area contributed by atoms with Crippen molar-refractivity contribution < 1.29 is 28.2 Å². The molecular weight excluding hydrogens is 526 g/mol. The Morgan fingerprint density at radius 2 is 1.68 bits per heavy atom. The lowest BCUT2D eigenvalue weighted by Gasteiger charge is -2.64. The molecule has 5 rings (SSSR count). The molecule has 0 bridgehead atoms. The number of amides is 1. The number of rotatable bonds is 6. The summed E-state index contributed by atoms with van der Waals surface area (Å²) in [5, 5.41) is 22.4. The van der Waals surface area contributed by atoms with Crippen LogP contribution in [0.1, 0.15) is 84.6 Å². The first-order chi connectivity index (χ1) is 18.8. The molecule has 1 amide bonds. The topological polar surface area (TPSA) is 113 Å². The first-order valence-electron chi connectivity index (χ1n) is 15.4. The lowest BCUT2D eigenvalue weighted by molar-refractivity contribution is -0.203. The zero-order valence-corrected chi connectivity index (χ0v) is 25.6. The molecule has 3 unspecified atom stereocenters. The smallest absolute Gasteiger partial charge is 0.421 e. The molecule has 4 saturated carbocycles. The third-order valence-electron chi connectivity index (χ3n) is 12.2. The van der Waals surface area contributed by atoms with Gasteiger partial charge in [0.15, 0.2) is 0 Å². The summed E-state index contributed by atoms with van der Waals surface area (Å²) < 4.78 is 32.7. The lowest BCUT2D eigenvalue weighted by Crippen LogP contribution is -2.62. The Bertz CT molecular complexity index is 1190. The maximum atomic E-state index is 12.6. The minimum atomic E-state index is -3.99. The fourth-order valence-corrected chi connectivity index (χ4v) is 11.1. The van der Waals surface area contributed by atoms with Crippen LogP contribution in [0.25, 0.3) is 0 Å². The van der Waals surface area contributed by atoms with E-state index in [4.69, 9.17) is 4.74 Å². The van der Waals surface area contributed by atoms with Gasteiger partial charge in [-0.25, -0.2) is 17.9 Å². The van der Waals surface area contributed by atoms with Crippen LogP contribution in [0.5, 0.6) is 0 Å². The summed E-state index contributed by atoms with van der Waals surface area (Å²) in [4.78, 5) is 12.5. The van der Waals surface area contributed by atoms with Gasteiger partial charge in [0.1, 0.15) is 0 Å². The molecule has 224 valence electrons. The number of nitrogens with one attached hydrogen (secondary N) is 1. The highest BCUT2D eigenvalue weighted by Gasteiger charge is 2.64. The second-order valence-corrected chi connectivity index (χ2v) is 15.8. The molecule has 1 aromatic rings. The summed E-state index contributed by atoms with van der Waals surface area (Å²) in [6.45, 7) is 11.2. The maximum absolute atomic E-state index is 12.6. The normalized spacial score (nSPS) is 41.8. The molecule has 0 heterocycles. The van der Waals surface area contributed by atoms with Crippen molar-refractivity contribution in [3.05, 3.63) is 29.8 Å². The van der Waals surface area contributed by atoms with Gasteiger partial charge < -0.3 is 14.9 Å². The van der Waals surface area contributed by atoms with Crippen molar-refractivity contribution in [3.63, 3.8) is 0 Å². The fourth-order valence-electron chi connectivity index (χ4n) is 10.2. The standard InChI is InChI=1S/C32H49NO6S/c1-6-23-27-17-21(34)13-15-32(27,5)26-14-16-31(4)24(11-12-25(31)28(26)29(23)35)20(3)18-39-30(36)33-40(37,38)22-9-7-19(2)8-10-22/h7-10,20-21,23-29,34-35H,6,11-18H2,1-5H3,(H,33,36)/t20-,21-,23-,24-,25?,26?,27+,28?,29-,31-,32-/m1/s1. The third kappa shape index (κ3) is 5.00. The average Bonchev–Trinajstić information content (AvgIpc) is 3.26. The quantitative estimate of drug-likeness (QED) is 0.403. The third-order valence-corrected chi connectivity index (χ3v) is 13.5. The number of aliphatic hydroxyl groups excluding tert-OH is 2. The Labute approximate surface area is 240 Å². The van der Waals surface area contributed by atoms with E-state index in [2.05, 4.69) is 32.4 Å². The number of aliphatic hydroxyl groups is 2. The second-order valence-electron chi connectivity index (χ2n) is 14.1. The van der Waals surface area contributed by atoms with Crippen molar-refractivity contribution in [2.24, 2.45) is 52.3 Å². The van der Waals surface area contributed by atoms with Gasteiger partial charge in [-0.1, -0.05) is 51.8 Å². The Morgan fingerprint density at radius 3 is 2.35 bits per heavy atom. The molecular formula is C32H49NO6S. The molecule has 4 aliphatic carbocycles. The fraction of sp³-hybridized carbons (Fsp3) is 0.781. The molecule has 4 fully saturated rings. The predicted molar refractivity (Wildman–Crippen MR) is 154 cm³/mol. The maximum Gasteiger partial charge on any atom is 0.421 e. The van der Waals surface area contributed by atoms with E-state index in [9.17, 15) is 23.4 Å². The van der Waals surface area contributed by atoms with Gasteiger partial charge in [0, 0.05) is 0 Å². The van der Waals surface area contributed by atoms with Gasteiger partial charge in [0.2, 0.25) is 0 Å². The van der Waals surface area contributed by atoms with Crippen LogP contribution in [0.2, 0.25) is 0 Å². The van der Waals surface area contributed by atoms with Crippen molar-refractivity contribution in [2.45, 2.75) is 103 Å². The van der Waals surface area contributed by atoms with E-state index in [-0.39, 0.29) is 52.3 Å². The van der Waals surface area contributed by atoms with E-state index in [0.717, 1.165) is 56.9 Å². The van der Waals surface area contributed by atoms with Crippen molar-refractivity contribution in [2.75, 3.05) is 6.61 Å². The van der Waals surface area contributed by atoms with Crippen LogP contribution in [0.15, 0.2) is 29.2 Å². The molecule has 11 atom stereocenters. The number of sulfonamides is 1. The van der Waals surface area contributed by atoms with Crippen LogP contribution in [-0.4, -0.2) is 43.5 Å². The predicted octanol–water partition coefficient (Wildman–Crippen LogP) is 5.67. The molecule has 0 radical (unpaired) electrons. The lowest BCUT2D eigenvalue weighted by atomic mass is 9.41. The average molecular weight is 576 g/mol. The summed E-state index contributed by atoms with van der Waals surface area (Å²) in [5.74, 6) is 2.18. The highest BCUT2D eigenvalue weighted by atomic mass is 32.2. The molecule has 8 heteroatoms. The van der Waals surface area contributed by atoms with Gasteiger partial charge in [0.05, 0.1) is 23.7 Å². The van der Waals surface area contributed by atoms with Crippen molar-refractivity contribution in [1.82, 2.24) is 4.72 Å². The van der Waals surface area contributed by atoms with Crippen LogP contribution in [0.3, 0.4) is 0 Å². The van der Waals surface area contributed by atoms with Crippen molar-refractivity contribution >= 4 is 16.1 Å². The highest BCUT2D eigenvalue weighted by Crippen LogP contribution is 2.69. The van der Waals surface area contributed by atoms with E-state index in [1.165, 1.54) is 12.1 Å². The molecule has 1 aromatic carbocycles. The Hall–Kier alpha value is -1.64. The first kappa shape index (κ1) is 29.8. The van der Waals surface area contributed by atoms with Gasteiger partial charge in [-0.3, -0.25) is 0 Å². The van der Waals surface area contributed by atoms with Crippen LogP contribution >= 0.6 is 0 Å². The Morgan fingerprint density at radius 1 is 1.02 bits per heavy atom. The number of benzene rings is 1. The van der Waals surface area contributed by atoms with E-state index in [0.29, 0.717) is 23.7 Å². The van der Waals surface area contributed by atoms with Crippen molar-refractivity contribution in [1.29, 1.82) is 0 Å². The largest absolute Gasteiger partial charge is 0.449 e. The zero-order chi connectivity index (χ0) is 29.0. The summed E-state index contributed by atoms with van der Waals surface area (Å²) in [6.07, 6.45) is 6.41. The zero-order valence-electron chi connectivity index (χ0n) is 24.8. The van der Waals surface area contributed by atoms with E-state index in [1.54, 1.807) is 12.1 Å². The van der Waals surface area contributed by atoms with E-state index < -0.39 is 16.1 Å². The second kappa shape index (κ2) is 10.9. The summed E-state index contributed by atoms with van der Waals surface area (Å²) in [6, 6.07) is 6.34. The minimum Gasteiger partial charge on any atom is -0.449 e. The molecule has 0 spiro atoms. The van der Waals surface area contributed by atoms with Gasteiger partial charge in [-0.2, -0.15) is 0 Å². The number of aryl methyl sites for hydroxylation is 1. The van der Waals surface area contributed by atoms with Crippen LogP contribution in [0, 0.1) is 59.2 Å². The van der Waals surface area contributed by atoms with Gasteiger partial charge in [0.25, 0.3) is 10.0 Å². The van der Waals surface area contributed by atoms with E-state index >= 15 is 0 Å². The molecule has 3 N–H and O–H groups in total. The summed E-state index contributed by atoms with van der Waals surface area (Å²) >= 11 is 0. The van der Waals surface area contributed by atoms with E-state index in [1.807, 2.05) is 6.92 Å². The minimum absolute atomic E-state index is 0.0332. The van der Waals surface area contributed by atoms with Gasteiger partial charge >= 0.3 is 6.09 Å². The number of ether oxygens (including phenoxy) is 1. The number of hydrogen-bond donors (Lipinski definition) is 3. The highest BCUT2D eigenvalue weighted by molar-refractivity contribution is 7.90. The van der Waals surface area contributed by atoms with Gasteiger partial charge in [-0.05, 0) is 116 Å². The molecule has 40 heavy (non-hydrogen) atoms. The molecule has 0 aliphatic heterocycles. The number of fused-ring (bicyclic) bond motifs is 5. The number of carbonyl (C=O) groups is 1. The molecule has 7 nitrogen and oxygen atoms in total. The SMILES string of the molecule is CC[C@H]1[C@@H](O)C2C3CC[C@H]([C@H](C)COC(=O)NS(=O)(=O)c4ccc(C)cc4)[C@@]3(C)CCC2[C@@]2(C)CC[C@@H](O)C[C@@H]12. The molecule has 0 aromatic heterocycles. The van der Waals surface area contributed by atoms with Crippen LogP contribution < -0.4 is 4.72 Å². The summed E-state index contributed by atoms with van der Waals surface area (Å²) in [5.41, 5.74) is 1.15. The molecule has 0 saturated heterocycles. The Kier molecular flexibility index (Phi) is 8.12. The molecule has 4 aliphatic rings. The van der Waals surface area contributed by atoms with Crippen molar-refractivity contribution in [3.8, 4) is 0 Å². The first-order valence-corrected chi connectivity index (χ1v) is 16.9. The van der Waals surface area contributed by atoms with Crippen LogP contribution in [0.4, 0.5) is 4.79 Å². The number of hydrogen-bond acceptors (Lipinski definition) is 6. The monoisotopic (exact) mass is 575 g/mol. The van der Waals surface area contributed by atoms with Crippen LogP contribution in [-0.2, 0) is 14.8 Å².